The van der Waals surface area contributed by atoms with Gasteiger partial charge in [0.25, 0.3) is 0 Å². The number of hydrogen-bond acceptors (Lipinski definition) is 8. The predicted octanol–water partition coefficient (Wildman–Crippen LogP) is 5.66. The van der Waals surface area contributed by atoms with Crippen LogP contribution in [0.15, 0.2) is 34.5 Å². The quantitative estimate of drug-likeness (QED) is 0.325. The van der Waals surface area contributed by atoms with Crippen molar-refractivity contribution in [2.24, 2.45) is 5.92 Å². The molecule has 1 saturated carbocycles. The fourth-order valence-corrected chi connectivity index (χ4v) is 7.40. The highest BCUT2D eigenvalue weighted by atomic mass is 32.2. The Balaban J connectivity index is 1.70. The highest BCUT2D eigenvalue weighted by Gasteiger charge is 2.28. The summed E-state index contributed by atoms with van der Waals surface area (Å²) in [5.41, 5.74) is 1.52. The SMILES string of the molecule is CCOP(=O)(CCc1csc(NC(=O)[C@H](CC2CCCC2)c2ccc(S(C)(=O)=O)cc2)n1)OCC. The summed E-state index contributed by atoms with van der Waals surface area (Å²) in [5.74, 6) is -0.0761. The lowest BCUT2D eigenvalue weighted by atomic mass is 9.87. The lowest BCUT2D eigenvalue weighted by Gasteiger charge is -2.20. The van der Waals surface area contributed by atoms with Crippen LogP contribution in [0, 0.1) is 5.92 Å². The molecule has 1 aliphatic carbocycles. The van der Waals surface area contributed by atoms with Gasteiger partial charge in [-0.25, -0.2) is 13.4 Å². The number of benzene rings is 1. The number of aryl methyl sites for hydroxylation is 1. The molecule has 0 unspecified atom stereocenters. The Kier molecular flexibility index (Phi) is 10.1. The Morgan fingerprint density at radius 2 is 1.80 bits per heavy atom. The third-order valence-corrected chi connectivity index (χ3v) is 10.2. The lowest BCUT2D eigenvalue weighted by Crippen LogP contribution is -2.23. The molecule has 0 bridgehead atoms. The summed E-state index contributed by atoms with van der Waals surface area (Å²) in [6.07, 6.45) is 7.09. The second-order valence-electron chi connectivity index (χ2n) is 8.83. The van der Waals surface area contributed by atoms with E-state index >= 15 is 0 Å². The van der Waals surface area contributed by atoms with Gasteiger partial charge < -0.3 is 14.4 Å². The molecule has 1 atom stereocenters. The number of anilines is 1. The highest BCUT2D eigenvalue weighted by molar-refractivity contribution is 7.90. The van der Waals surface area contributed by atoms with Crippen molar-refractivity contribution >= 4 is 39.8 Å². The molecule has 1 fully saturated rings. The number of aromatic nitrogens is 1. The molecule has 194 valence electrons. The fraction of sp³-hybridized carbons (Fsp3) is 0.583. The molecule has 0 saturated heterocycles. The van der Waals surface area contributed by atoms with Crippen LogP contribution < -0.4 is 5.32 Å². The van der Waals surface area contributed by atoms with Crippen LogP contribution in [0.5, 0.6) is 0 Å². The minimum atomic E-state index is -3.30. The first-order valence-electron chi connectivity index (χ1n) is 12.1. The van der Waals surface area contributed by atoms with Crippen molar-refractivity contribution in [1.29, 1.82) is 0 Å². The van der Waals surface area contributed by atoms with E-state index in [1.807, 2.05) is 5.38 Å². The topological polar surface area (TPSA) is 112 Å². The maximum atomic E-state index is 13.3. The van der Waals surface area contributed by atoms with Crippen LogP contribution >= 0.6 is 18.9 Å². The van der Waals surface area contributed by atoms with Gasteiger partial charge in [-0.3, -0.25) is 9.36 Å². The van der Waals surface area contributed by atoms with Crippen molar-refractivity contribution in [3.05, 3.63) is 40.9 Å². The average Bonchev–Trinajstić information content (AvgIpc) is 3.48. The van der Waals surface area contributed by atoms with Gasteiger partial charge in [-0.2, -0.15) is 0 Å². The van der Waals surface area contributed by atoms with Crippen LogP contribution in [-0.4, -0.2) is 44.9 Å². The number of carbonyl (C=O) groups excluding carboxylic acids is 1. The van der Waals surface area contributed by atoms with Crippen molar-refractivity contribution in [1.82, 2.24) is 4.98 Å². The molecule has 0 aliphatic heterocycles. The number of nitrogens with one attached hydrogen (secondary N) is 1. The maximum absolute atomic E-state index is 13.3. The number of sulfone groups is 1. The monoisotopic (exact) mass is 542 g/mol. The molecule has 1 aromatic heterocycles. The van der Waals surface area contributed by atoms with Crippen LogP contribution in [0.25, 0.3) is 0 Å². The Morgan fingerprint density at radius 1 is 1.17 bits per heavy atom. The van der Waals surface area contributed by atoms with Gasteiger partial charge >= 0.3 is 7.60 Å². The number of carbonyl (C=O) groups is 1. The first-order chi connectivity index (χ1) is 16.6. The molecule has 1 aliphatic rings. The third-order valence-electron chi connectivity index (χ3n) is 6.15. The van der Waals surface area contributed by atoms with Crippen LogP contribution in [0.2, 0.25) is 0 Å². The zero-order valence-corrected chi connectivity index (χ0v) is 23.1. The Bertz CT molecular complexity index is 1120. The van der Waals surface area contributed by atoms with Crippen LogP contribution in [0.3, 0.4) is 0 Å². The molecule has 11 heteroatoms. The first-order valence-corrected chi connectivity index (χ1v) is 16.6. The molecule has 35 heavy (non-hydrogen) atoms. The average molecular weight is 543 g/mol. The van der Waals surface area contributed by atoms with Crippen molar-refractivity contribution in [3.8, 4) is 0 Å². The molecule has 1 aromatic carbocycles. The fourth-order valence-electron chi connectivity index (χ4n) is 4.40. The summed E-state index contributed by atoms with van der Waals surface area (Å²) in [5, 5.41) is 5.27. The lowest BCUT2D eigenvalue weighted by molar-refractivity contribution is -0.118. The van der Waals surface area contributed by atoms with Crippen molar-refractivity contribution < 1.29 is 26.8 Å². The van der Waals surface area contributed by atoms with Gasteiger partial charge in [0.05, 0.1) is 35.9 Å². The molecule has 8 nitrogen and oxygen atoms in total. The van der Waals surface area contributed by atoms with E-state index in [-0.39, 0.29) is 17.0 Å². The minimum Gasteiger partial charge on any atom is -0.309 e. The Labute approximate surface area is 212 Å². The van der Waals surface area contributed by atoms with E-state index in [0.717, 1.165) is 24.1 Å². The van der Waals surface area contributed by atoms with Gasteiger partial charge in [-0.15, -0.1) is 11.3 Å². The molecule has 0 spiro atoms. The van der Waals surface area contributed by atoms with Crippen molar-refractivity contribution in [2.45, 2.75) is 63.2 Å². The van der Waals surface area contributed by atoms with Crippen LogP contribution in [0.4, 0.5) is 5.13 Å². The van der Waals surface area contributed by atoms with Crippen LogP contribution in [0.1, 0.15) is 63.1 Å². The number of thiazole rings is 1. The van der Waals surface area contributed by atoms with Gasteiger partial charge in [0.15, 0.2) is 15.0 Å². The van der Waals surface area contributed by atoms with Gasteiger partial charge in [0, 0.05) is 18.1 Å². The molecule has 1 N–H and O–H groups in total. The van der Waals surface area contributed by atoms with E-state index in [4.69, 9.17) is 9.05 Å². The van der Waals surface area contributed by atoms with Crippen molar-refractivity contribution in [3.63, 3.8) is 0 Å². The molecular weight excluding hydrogens is 507 g/mol. The summed E-state index contributed by atoms with van der Waals surface area (Å²) < 4.78 is 47.0. The summed E-state index contributed by atoms with van der Waals surface area (Å²) >= 11 is 1.32. The van der Waals surface area contributed by atoms with E-state index < -0.39 is 23.4 Å². The predicted molar refractivity (Wildman–Crippen MR) is 139 cm³/mol. The van der Waals surface area contributed by atoms with Gasteiger partial charge in [-0.05, 0) is 43.9 Å². The number of hydrogen-bond donors (Lipinski definition) is 1. The molecule has 1 amide bonds. The molecular formula is C24H35N2O6PS2. The van der Waals surface area contributed by atoms with Crippen LogP contribution in [-0.2, 0) is 34.7 Å². The first kappa shape index (κ1) is 28.0. The number of amides is 1. The zero-order chi connectivity index (χ0) is 25.5. The van der Waals surface area contributed by atoms with Crippen molar-refractivity contribution in [2.75, 3.05) is 30.9 Å². The van der Waals surface area contributed by atoms with Gasteiger partial charge in [0.2, 0.25) is 5.91 Å². The second kappa shape index (κ2) is 12.6. The second-order valence-corrected chi connectivity index (χ2v) is 13.9. The van der Waals surface area contributed by atoms with E-state index in [9.17, 15) is 17.8 Å². The smallest absolute Gasteiger partial charge is 0.309 e. The summed E-state index contributed by atoms with van der Waals surface area (Å²) in [6, 6.07) is 6.61. The minimum absolute atomic E-state index is 0.154. The Hall–Kier alpha value is -1.58. The standard InChI is InChI=1S/C24H35N2O6PS2/c1-4-31-33(28,32-5-2)15-14-20-17-34-24(25-20)26-23(27)22(16-18-8-6-7-9-18)19-10-12-21(13-11-19)35(3,29)30/h10-13,17-18,22H,4-9,14-16H2,1-3H3,(H,25,26,27)/t22-/m1/s1. The normalized spacial score (nSPS) is 15.9. The Morgan fingerprint density at radius 3 is 2.37 bits per heavy atom. The third kappa shape index (κ3) is 8.22. The number of rotatable bonds is 13. The summed E-state index contributed by atoms with van der Waals surface area (Å²) in [4.78, 5) is 18.1. The molecule has 3 rings (SSSR count). The van der Waals surface area contributed by atoms with E-state index in [0.29, 0.717) is 37.1 Å². The number of nitrogens with zero attached hydrogens (tertiary/aromatic N) is 1. The van der Waals surface area contributed by atoms with E-state index in [1.54, 1.807) is 38.1 Å². The van der Waals surface area contributed by atoms with E-state index in [1.165, 1.54) is 30.4 Å². The van der Waals surface area contributed by atoms with Gasteiger partial charge in [-0.1, -0.05) is 37.8 Å². The molecule has 1 heterocycles. The largest absolute Gasteiger partial charge is 0.331 e. The molecule has 2 aromatic rings. The van der Waals surface area contributed by atoms with Gasteiger partial charge in [0.1, 0.15) is 0 Å². The maximum Gasteiger partial charge on any atom is 0.331 e. The summed E-state index contributed by atoms with van der Waals surface area (Å²) in [7, 11) is -6.46. The zero-order valence-electron chi connectivity index (χ0n) is 20.6. The van der Waals surface area contributed by atoms with E-state index in [2.05, 4.69) is 10.3 Å². The molecule has 0 radical (unpaired) electrons. The summed E-state index contributed by atoms with van der Waals surface area (Å²) in [6.45, 7) is 4.17. The highest BCUT2D eigenvalue weighted by Crippen LogP contribution is 2.48.